The first kappa shape index (κ1) is 15.6. The highest BCUT2D eigenvalue weighted by Gasteiger charge is 2.34. The standard InChI is InChI=1S/C10H8F4O.C2H6/c1-2-9(15)6-3-4-8(11)7(5-6)10(12,13)14;1-2/h3-5H,2H2,1H3;1-2H3. The second kappa shape index (κ2) is 6.37. The number of alkyl halides is 3. The Morgan fingerprint density at radius 2 is 1.76 bits per heavy atom. The number of halogens is 4. The molecule has 17 heavy (non-hydrogen) atoms. The molecule has 0 aromatic heterocycles. The molecule has 0 atom stereocenters. The molecule has 96 valence electrons. The third kappa shape index (κ3) is 4.17. The van der Waals surface area contributed by atoms with Crippen molar-refractivity contribution in [3.8, 4) is 0 Å². The fourth-order valence-corrected chi connectivity index (χ4v) is 1.12. The number of hydrogen-bond donors (Lipinski definition) is 0. The molecule has 0 amide bonds. The SMILES string of the molecule is CC.CCC(=O)c1ccc(F)c(C(F)(F)F)c1. The van der Waals surface area contributed by atoms with E-state index in [9.17, 15) is 22.4 Å². The minimum absolute atomic E-state index is 0.0862. The smallest absolute Gasteiger partial charge is 0.294 e. The van der Waals surface area contributed by atoms with Gasteiger partial charge in [0.15, 0.2) is 5.78 Å². The number of hydrogen-bond acceptors (Lipinski definition) is 1. The molecule has 5 heteroatoms. The molecule has 0 saturated carbocycles. The fraction of sp³-hybridized carbons (Fsp3) is 0.417. The van der Waals surface area contributed by atoms with E-state index >= 15 is 0 Å². The lowest BCUT2D eigenvalue weighted by Crippen LogP contribution is -2.10. The Hall–Kier alpha value is -1.39. The highest BCUT2D eigenvalue weighted by atomic mass is 19.4. The zero-order chi connectivity index (χ0) is 13.6. The van der Waals surface area contributed by atoms with E-state index in [1.165, 1.54) is 6.92 Å². The van der Waals surface area contributed by atoms with E-state index in [1.807, 2.05) is 13.8 Å². The monoisotopic (exact) mass is 250 g/mol. The largest absolute Gasteiger partial charge is 0.419 e. The van der Waals surface area contributed by atoms with Crippen molar-refractivity contribution in [1.82, 2.24) is 0 Å². The number of rotatable bonds is 2. The predicted molar refractivity (Wildman–Crippen MR) is 57.4 cm³/mol. The minimum atomic E-state index is -4.77. The van der Waals surface area contributed by atoms with Crippen LogP contribution in [0, 0.1) is 5.82 Å². The van der Waals surface area contributed by atoms with Crippen LogP contribution in [0.25, 0.3) is 0 Å². The van der Waals surface area contributed by atoms with Gasteiger partial charge in [-0.05, 0) is 18.2 Å². The summed E-state index contributed by atoms with van der Waals surface area (Å²) in [4.78, 5) is 11.1. The zero-order valence-corrected chi connectivity index (χ0v) is 9.86. The number of ketones is 1. The maximum absolute atomic E-state index is 12.8. The Morgan fingerprint density at radius 1 is 1.24 bits per heavy atom. The van der Waals surface area contributed by atoms with Crippen molar-refractivity contribution in [2.45, 2.75) is 33.4 Å². The van der Waals surface area contributed by atoms with Crippen molar-refractivity contribution in [3.63, 3.8) is 0 Å². The van der Waals surface area contributed by atoms with Crippen molar-refractivity contribution in [1.29, 1.82) is 0 Å². The lowest BCUT2D eigenvalue weighted by Gasteiger charge is -2.08. The van der Waals surface area contributed by atoms with Gasteiger partial charge in [-0.15, -0.1) is 0 Å². The Balaban J connectivity index is 0.00000121. The molecule has 0 fully saturated rings. The van der Waals surface area contributed by atoms with E-state index in [0.29, 0.717) is 12.1 Å². The quantitative estimate of drug-likeness (QED) is 0.559. The van der Waals surface area contributed by atoms with Crippen LogP contribution in [0.5, 0.6) is 0 Å². The van der Waals surface area contributed by atoms with Crippen LogP contribution in [-0.2, 0) is 6.18 Å². The molecule has 0 aliphatic heterocycles. The topological polar surface area (TPSA) is 17.1 Å². The summed E-state index contributed by atoms with van der Waals surface area (Å²) in [7, 11) is 0. The van der Waals surface area contributed by atoms with Crippen LogP contribution in [0.1, 0.15) is 43.1 Å². The van der Waals surface area contributed by atoms with Gasteiger partial charge in [0.25, 0.3) is 0 Å². The van der Waals surface area contributed by atoms with E-state index < -0.39 is 23.3 Å². The average Bonchev–Trinajstić information content (AvgIpc) is 2.30. The van der Waals surface area contributed by atoms with Gasteiger partial charge in [-0.3, -0.25) is 4.79 Å². The summed E-state index contributed by atoms with van der Waals surface area (Å²) in [5, 5.41) is 0. The van der Waals surface area contributed by atoms with Crippen molar-refractivity contribution >= 4 is 5.78 Å². The second-order valence-electron chi connectivity index (χ2n) is 2.97. The van der Waals surface area contributed by atoms with Gasteiger partial charge < -0.3 is 0 Å². The molecule has 0 N–H and O–H groups in total. The highest BCUT2D eigenvalue weighted by molar-refractivity contribution is 5.96. The van der Waals surface area contributed by atoms with Crippen molar-refractivity contribution in [2.24, 2.45) is 0 Å². The van der Waals surface area contributed by atoms with Gasteiger partial charge in [0.05, 0.1) is 5.56 Å². The lowest BCUT2D eigenvalue weighted by atomic mass is 10.1. The Bertz CT molecular complexity index is 383. The fourth-order valence-electron chi connectivity index (χ4n) is 1.12. The molecular formula is C12H14F4O. The molecule has 0 spiro atoms. The van der Waals surface area contributed by atoms with Crippen LogP contribution in [-0.4, -0.2) is 5.78 Å². The number of carbonyl (C=O) groups is 1. The van der Waals surface area contributed by atoms with Gasteiger partial charge in [-0.2, -0.15) is 13.2 Å². The first-order valence-electron chi connectivity index (χ1n) is 5.26. The number of carbonyl (C=O) groups excluding carboxylic acids is 1. The molecule has 0 saturated heterocycles. The second-order valence-corrected chi connectivity index (χ2v) is 2.97. The van der Waals surface area contributed by atoms with Crippen molar-refractivity contribution < 1.29 is 22.4 Å². The van der Waals surface area contributed by atoms with Crippen LogP contribution in [0.3, 0.4) is 0 Å². The van der Waals surface area contributed by atoms with E-state index in [0.717, 1.165) is 6.07 Å². The van der Waals surface area contributed by atoms with Crippen LogP contribution in [0.4, 0.5) is 17.6 Å². The molecular weight excluding hydrogens is 236 g/mol. The molecule has 0 bridgehead atoms. The van der Waals surface area contributed by atoms with Crippen LogP contribution in [0.15, 0.2) is 18.2 Å². The number of benzene rings is 1. The number of Topliss-reactive ketones (excluding diaryl/α,β-unsaturated/α-hetero) is 1. The molecule has 1 rings (SSSR count). The Labute approximate surface area is 97.5 Å². The highest BCUT2D eigenvalue weighted by Crippen LogP contribution is 2.32. The Kier molecular flexibility index (Phi) is 5.85. The van der Waals surface area contributed by atoms with Gasteiger partial charge in [0.2, 0.25) is 0 Å². The van der Waals surface area contributed by atoms with E-state index in [4.69, 9.17) is 0 Å². The summed E-state index contributed by atoms with van der Waals surface area (Å²) >= 11 is 0. The molecule has 1 nitrogen and oxygen atoms in total. The maximum atomic E-state index is 12.8. The Morgan fingerprint density at radius 3 is 2.18 bits per heavy atom. The maximum Gasteiger partial charge on any atom is 0.419 e. The summed E-state index contributed by atoms with van der Waals surface area (Å²) in [6.45, 7) is 5.53. The van der Waals surface area contributed by atoms with Crippen molar-refractivity contribution in [3.05, 3.63) is 35.1 Å². The predicted octanol–water partition coefficient (Wildman–Crippen LogP) is 4.46. The molecule has 0 aliphatic rings. The molecule has 1 aromatic rings. The lowest BCUT2D eigenvalue weighted by molar-refractivity contribution is -0.140. The van der Waals surface area contributed by atoms with Gasteiger partial charge in [-0.1, -0.05) is 20.8 Å². The average molecular weight is 250 g/mol. The third-order valence-corrected chi connectivity index (χ3v) is 1.91. The van der Waals surface area contributed by atoms with Gasteiger partial charge in [-0.25, -0.2) is 4.39 Å². The van der Waals surface area contributed by atoms with Crippen LogP contribution in [0.2, 0.25) is 0 Å². The van der Waals surface area contributed by atoms with Gasteiger partial charge >= 0.3 is 6.18 Å². The van der Waals surface area contributed by atoms with Gasteiger partial charge in [0.1, 0.15) is 5.82 Å². The molecule has 0 aliphatic carbocycles. The van der Waals surface area contributed by atoms with E-state index in [2.05, 4.69) is 0 Å². The summed E-state index contributed by atoms with van der Waals surface area (Å²) in [6.07, 6.45) is -4.68. The first-order chi connectivity index (χ1) is 7.86. The van der Waals surface area contributed by atoms with E-state index in [-0.39, 0.29) is 12.0 Å². The van der Waals surface area contributed by atoms with Gasteiger partial charge in [0, 0.05) is 12.0 Å². The molecule has 0 unspecified atom stereocenters. The van der Waals surface area contributed by atoms with Crippen LogP contribution >= 0.6 is 0 Å². The minimum Gasteiger partial charge on any atom is -0.294 e. The molecule has 0 heterocycles. The third-order valence-electron chi connectivity index (χ3n) is 1.91. The van der Waals surface area contributed by atoms with E-state index in [1.54, 1.807) is 0 Å². The first-order valence-corrected chi connectivity index (χ1v) is 5.26. The summed E-state index contributed by atoms with van der Waals surface area (Å²) in [6, 6.07) is 2.25. The molecule has 0 radical (unpaired) electrons. The summed E-state index contributed by atoms with van der Waals surface area (Å²) < 4.78 is 49.5. The molecule has 1 aromatic carbocycles. The normalized spacial score (nSPS) is 10.5. The van der Waals surface area contributed by atoms with Crippen LogP contribution < -0.4 is 0 Å². The summed E-state index contributed by atoms with van der Waals surface area (Å²) in [5.74, 6) is -1.81. The summed E-state index contributed by atoms with van der Waals surface area (Å²) in [5.41, 5.74) is -1.52. The zero-order valence-electron chi connectivity index (χ0n) is 9.86. The van der Waals surface area contributed by atoms with Crippen molar-refractivity contribution in [2.75, 3.05) is 0 Å².